The van der Waals surface area contributed by atoms with Crippen molar-refractivity contribution >= 4 is 0 Å². The minimum Gasteiger partial charge on any atom is -0.508 e. The van der Waals surface area contributed by atoms with Crippen LogP contribution in [0.5, 0.6) is 5.75 Å². The van der Waals surface area contributed by atoms with Gasteiger partial charge in [0.2, 0.25) is 0 Å². The molecule has 2 saturated carbocycles. The second kappa shape index (κ2) is 4.01. The molecule has 1 aromatic rings. The number of phenolic OH excluding ortho intramolecular Hbond substituents is 1. The molecular formula is C18H24O. The van der Waals surface area contributed by atoms with Gasteiger partial charge >= 0.3 is 0 Å². The zero-order valence-corrected chi connectivity index (χ0v) is 11.9. The molecule has 4 rings (SSSR count). The summed E-state index contributed by atoms with van der Waals surface area (Å²) in [6, 6.07) is 6.18. The highest BCUT2D eigenvalue weighted by Crippen LogP contribution is 2.60. The van der Waals surface area contributed by atoms with Gasteiger partial charge in [0.25, 0.3) is 0 Å². The average molecular weight is 256 g/mol. The van der Waals surface area contributed by atoms with Gasteiger partial charge in [0.15, 0.2) is 0 Å². The van der Waals surface area contributed by atoms with Crippen LogP contribution < -0.4 is 0 Å². The quantitative estimate of drug-likeness (QED) is 0.728. The molecule has 1 N–H and O–H groups in total. The van der Waals surface area contributed by atoms with E-state index in [-0.39, 0.29) is 0 Å². The Hall–Kier alpha value is -0.980. The van der Waals surface area contributed by atoms with Crippen molar-refractivity contribution in [2.45, 2.75) is 57.3 Å². The lowest BCUT2D eigenvalue weighted by atomic mass is 9.47. The van der Waals surface area contributed by atoms with E-state index in [2.05, 4.69) is 19.1 Å². The van der Waals surface area contributed by atoms with Crippen molar-refractivity contribution in [1.29, 1.82) is 0 Å². The predicted octanol–water partition coefficient (Wildman–Crippen LogP) is 4.42. The van der Waals surface area contributed by atoms with Crippen LogP contribution in [0.15, 0.2) is 18.2 Å². The van der Waals surface area contributed by atoms with Crippen molar-refractivity contribution in [3.05, 3.63) is 29.3 Å². The van der Waals surface area contributed by atoms with Crippen molar-refractivity contribution in [2.75, 3.05) is 0 Å². The minimum absolute atomic E-state index is 0.418. The predicted molar refractivity (Wildman–Crippen MR) is 77.3 cm³/mol. The number of hydrogen-bond donors (Lipinski definition) is 1. The fourth-order valence-electron chi connectivity index (χ4n) is 5.57. The Balaban J connectivity index is 1.90. The highest BCUT2D eigenvalue weighted by molar-refractivity contribution is 5.44. The summed E-state index contributed by atoms with van der Waals surface area (Å²) >= 11 is 0. The Morgan fingerprint density at radius 2 is 2.05 bits per heavy atom. The molecule has 0 amide bonds. The Labute approximate surface area is 116 Å². The number of rotatable bonds is 0. The van der Waals surface area contributed by atoms with Crippen LogP contribution in [-0.2, 0) is 11.8 Å². The van der Waals surface area contributed by atoms with Crippen LogP contribution in [0, 0.1) is 17.8 Å². The molecule has 2 fully saturated rings. The molecule has 0 heterocycles. The van der Waals surface area contributed by atoms with Gasteiger partial charge in [0.05, 0.1) is 0 Å². The van der Waals surface area contributed by atoms with Gasteiger partial charge in [0, 0.05) is 0 Å². The monoisotopic (exact) mass is 256 g/mol. The number of benzene rings is 1. The molecule has 19 heavy (non-hydrogen) atoms. The van der Waals surface area contributed by atoms with Crippen LogP contribution in [0.3, 0.4) is 0 Å². The van der Waals surface area contributed by atoms with E-state index in [1.807, 2.05) is 6.07 Å². The normalized spacial score (nSPS) is 40.4. The topological polar surface area (TPSA) is 20.2 Å². The summed E-state index contributed by atoms with van der Waals surface area (Å²) in [5.74, 6) is 3.14. The zero-order valence-electron chi connectivity index (χ0n) is 11.9. The highest BCUT2D eigenvalue weighted by atomic mass is 16.3. The zero-order chi connectivity index (χ0) is 13.0. The van der Waals surface area contributed by atoms with Crippen LogP contribution in [0.4, 0.5) is 0 Å². The first-order chi connectivity index (χ1) is 9.21. The SMILES string of the molecule is CC1CCC23CCCCC2C1Cc1ccc(O)cc13. The van der Waals surface area contributed by atoms with Gasteiger partial charge in [0.1, 0.15) is 5.75 Å². The van der Waals surface area contributed by atoms with Gasteiger partial charge in [-0.2, -0.15) is 0 Å². The Kier molecular flexibility index (Phi) is 2.49. The van der Waals surface area contributed by atoms with E-state index in [4.69, 9.17) is 0 Å². The van der Waals surface area contributed by atoms with Crippen LogP contribution >= 0.6 is 0 Å². The van der Waals surface area contributed by atoms with Crippen molar-refractivity contribution in [3.63, 3.8) is 0 Å². The molecule has 1 heteroatoms. The van der Waals surface area contributed by atoms with E-state index < -0.39 is 0 Å². The van der Waals surface area contributed by atoms with Crippen molar-refractivity contribution in [1.82, 2.24) is 0 Å². The van der Waals surface area contributed by atoms with Crippen LogP contribution in [0.2, 0.25) is 0 Å². The van der Waals surface area contributed by atoms with E-state index in [1.54, 1.807) is 0 Å². The van der Waals surface area contributed by atoms with Gasteiger partial charge in [-0.25, -0.2) is 0 Å². The largest absolute Gasteiger partial charge is 0.508 e. The molecule has 2 bridgehead atoms. The Morgan fingerprint density at radius 1 is 1.16 bits per heavy atom. The van der Waals surface area contributed by atoms with Gasteiger partial charge in [-0.3, -0.25) is 0 Å². The van der Waals surface area contributed by atoms with E-state index in [0.29, 0.717) is 11.2 Å². The molecule has 0 aliphatic heterocycles. The molecule has 1 aromatic carbocycles. The second-order valence-electron chi connectivity index (χ2n) is 7.23. The first kappa shape index (κ1) is 11.8. The summed E-state index contributed by atoms with van der Waals surface area (Å²) in [4.78, 5) is 0. The van der Waals surface area contributed by atoms with Crippen molar-refractivity contribution in [2.24, 2.45) is 17.8 Å². The molecule has 4 unspecified atom stereocenters. The highest BCUT2D eigenvalue weighted by Gasteiger charge is 2.53. The first-order valence-corrected chi connectivity index (χ1v) is 8.03. The molecule has 3 aliphatic carbocycles. The molecule has 1 nitrogen and oxygen atoms in total. The smallest absolute Gasteiger partial charge is 0.115 e. The Morgan fingerprint density at radius 3 is 2.95 bits per heavy atom. The number of aromatic hydroxyl groups is 1. The second-order valence-corrected chi connectivity index (χ2v) is 7.23. The average Bonchev–Trinajstić information content (AvgIpc) is 2.43. The summed E-state index contributed by atoms with van der Waals surface area (Å²) in [6.07, 6.45) is 9.57. The van der Waals surface area contributed by atoms with Gasteiger partial charge in [-0.05, 0) is 78.5 Å². The summed E-state index contributed by atoms with van der Waals surface area (Å²) < 4.78 is 0. The number of fused-ring (bicyclic) bond motifs is 1. The summed E-state index contributed by atoms with van der Waals surface area (Å²) in [5, 5.41) is 9.92. The molecule has 0 radical (unpaired) electrons. The van der Waals surface area contributed by atoms with Gasteiger partial charge < -0.3 is 5.11 Å². The van der Waals surface area contributed by atoms with Crippen molar-refractivity contribution in [3.8, 4) is 5.75 Å². The van der Waals surface area contributed by atoms with E-state index in [0.717, 1.165) is 17.8 Å². The summed E-state index contributed by atoms with van der Waals surface area (Å²) in [7, 11) is 0. The fourth-order valence-corrected chi connectivity index (χ4v) is 5.57. The summed E-state index contributed by atoms with van der Waals surface area (Å²) in [6.45, 7) is 2.47. The molecule has 0 spiro atoms. The molecule has 4 atom stereocenters. The van der Waals surface area contributed by atoms with Gasteiger partial charge in [-0.1, -0.05) is 25.8 Å². The van der Waals surface area contributed by atoms with Crippen LogP contribution in [0.25, 0.3) is 0 Å². The van der Waals surface area contributed by atoms with E-state index in [9.17, 15) is 5.11 Å². The lowest BCUT2D eigenvalue weighted by Gasteiger charge is -2.57. The van der Waals surface area contributed by atoms with Crippen molar-refractivity contribution < 1.29 is 5.11 Å². The number of phenols is 1. The third-order valence-corrected chi connectivity index (χ3v) is 6.48. The lowest BCUT2D eigenvalue weighted by molar-refractivity contribution is 0.0174. The minimum atomic E-state index is 0.418. The van der Waals surface area contributed by atoms with E-state index in [1.165, 1.54) is 56.1 Å². The Bertz CT molecular complexity index is 506. The third-order valence-electron chi connectivity index (χ3n) is 6.48. The summed E-state index contributed by atoms with van der Waals surface area (Å²) in [5.41, 5.74) is 3.47. The molecule has 102 valence electrons. The fraction of sp³-hybridized carbons (Fsp3) is 0.667. The lowest BCUT2D eigenvalue weighted by Crippen LogP contribution is -2.51. The number of hydrogen-bond acceptors (Lipinski definition) is 1. The van der Waals surface area contributed by atoms with E-state index >= 15 is 0 Å². The maximum Gasteiger partial charge on any atom is 0.115 e. The maximum atomic E-state index is 9.92. The molecule has 3 aliphatic rings. The molecular weight excluding hydrogens is 232 g/mol. The van der Waals surface area contributed by atoms with Gasteiger partial charge in [-0.15, -0.1) is 0 Å². The maximum absolute atomic E-state index is 9.92. The molecule has 0 saturated heterocycles. The van der Waals surface area contributed by atoms with Crippen LogP contribution in [0.1, 0.15) is 56.6 Å². The standard InChI is InChI=1S/C18H24O/c1-12-7-9-18-8-3-2-4-16(18)15(12)10-13-5-6-14(19)11-17(13)18/h5-6,11-12,15-16,19H,2-4,7-10H2,1H3. The molecule has 0 aromatic heterocycles. The third kappa shape index (κ3) is 1.53. The van der Waals surface area contributed by atoms with Crippen LogP contribution in [-0.4, -0.2) is 5.11 Å². The first-order valence-electron chi connectivity index (χ1n) is 8.03.